The summed E-state index contributed by atoms with van der Waals surface area (Å²) in [5.74, 6) is 0.948. The molecule has 1 aliphatic rings. The second-order valence-electron chi connectivity index (χ2n) is 8.24. The lowest BCUT2D eigenvalue weighted by molar-refractivity contribution is 0.0950. The number of benzene rings is 2. The van der Waals surface area contributed by atoms with Crippen LogP contribution < -0.4 is 5.32 Å². The van der Waals surface area contributed by atoms with Gasteiger partial charge in [-0.3, -0.25) is 9.69 Å². The van der Waals surface area contributed by atoms with Crippen molar-refractivity contribution in [1.29, 1.82) is 0 Å². The smallest absolute Gasteiger partial charge is 0.254 e. The molecule has 2 aromatic carbocycles. The van der Waals surface area contributed by atoms with E-state index < -0.39 is 0 Å². The summed E-state index contributed by atoms with van der Waals surface area (Å²) in [7, 11) is 0. The van der Waals surface area contributed by atoms with E-state index in [4.69, 9.17) is 4.98 Å². The van der Waals surface area contributed by atoms with E-state index in [9.17, 15) is 4.79 Å². The minimum absolute atomic E-state index is 0.0716. The van der Waals surface area contributed by atoms with Crippen LogP contribution in [0.3, 0.4) is 0 Å². The fourth-order valence-electron chi connectivity index (χ4n) is 4.24. The molecule has 4 rings (SSSR count). The number of carbonyl (C=O) groups excluding carboxylic acids is 1. The Hall–Kier alpha value is -3.05. The van der Waals surface area contributed by atoms with E-state index in [1.165, 1.54) is 11.1 Å². The SMILES string of the molecule is Cc1ncc(C(=O)NCCc2ccccc2)c(C2CCN(Cc3ccccc3)CC2)n1. The molecule has 5 nitrogen and oxygen atoms in total. The van der Waals surface area contributed by atoms with Crippen molar-refractivity contribution in [2.24, 2.45) is 0 Å². The number of likely N-dealkylation sites (tertiary alicyclic amines) is 1. The maximum absolute atomic E-state index is 12.9. The second-order valence-corrected chi connectivity index (χ2v) is 8.24. The molecule has 1 N–H and O–H groups in total. The number of nitrogens with zero attached hydrogens (tertiary/aromatic N) is 3. The first kappa shape index (κ1) is 21.2. The van der Waals surface area contributed by atoms with Gasteiger partial charge in [0.15, 0.2) is 0 Å². The molecule has 1 fully saturated rings. The molecule has 3 aromatic rings. The summed E-state index contributed by atoms with van der Waals surface area (Å²) in [6.45, 7) is 5.50. The predicted octanol–water partition coefficient (Wildman–Crippen LogP) is 4.14. The molecule has 5 heteroatoms. The van der Waals surface area contributed by atoms with E-state index in [-0.39, 0.29) is 5.91 Å². The summed E-state index contributed by atoms with van der Waals surface area (Å²) in [5, 5.41) is 3.06. The fourth-order valence-corrected chi connectivity index (χ4v) is 4.24. The average molecular weight is 415 g/mol. The van der Waals surface area contributed by atoms with Gasteiger partial charge in [-0.2, -0.15) is 0 Å². The van der Waals surface area contributed by atoms with Crippen LogP contribution in [0.15, 0.2) is 66.9 Å². The van der Waals surface area contributed by atoms with E-state index in [1.807, 2.05) is 25.1 Å². The Bertz CT molecular complexity index is 983. The molecule has 1 aromatic heterocycles. The highest BCUT2D eigenvalue weighted by Gasteiger charge is 2.26. The molecule has 0 unspecified atom stereocenters. The van der Waals surface area contributed by atoms with Gasteiger partial charge in [-0.1, -0.05) is 60.7 Å². The number of hydrogen-bond acceptors (Lipinski definition) is 4. The molecule has 1 amide bonds. The molecular formula is C26H30N4O. The van der Waals surface area contributed by atoms with Crippen LogP contribution in [0.5, 0.6) is 0 Å². The fraction of sp³-hybridized carbons (Fsp3) is 0.346. The van der Waals surface area contributed by atoms with Crippen LogP contribution in [0.1, 0.15) is 51.8 Å². The highest BCUT2D eigenvalue weighted by atomic mass is 16.1. The van der Waals surface area contributed by atoms with Gasteiger partial charge in [-0.05, 0) is 50.4 Å². The lowest BCUT2D eigenvalue weighted by Gasteiger charge is -2.32. The summed E-state index contributed by atoms with van der Waals surface area (Å²) in [6, 6.07) is 20.8. The van der Waals surface area contributed by atoms with Crippen LogP contribution in [-0.2, 0) is 13.0 Å². The van der Waals surface area contributed by atoms with Crippen molar-refractivity contribution in [3.63, 3.8) is 0 Å². The van der Waals surface area contributed by atoms with Gasteiger partial charge in [0.2, 0.25) is 0 Å². The number of carbonyl (C=O) groups is 1. The summed E-state index contributed by atoms with van der Waals surface area (Å²) >= 11 is 0. The van der Waals surface area contributed by atoms with Crippen molar-refractivity contribution in [2.75, 3.05) is 19.6 Å². The molecule has 0 radical (unpaired) electrons. The van der Waals surface area contributed by atoms with E-state index in [2.05, 4.69) is 57.7 Å². The first-order chi connectivity index (χ1) is 15.2. The van der Waals surface area contributed by atoms with Gasteiger partial charge in [0.25, 0.3) is 5.91 Å². The maximum Gasteiger partial charge on any atom is 0.254 e. The topological polar surface area (TPSA) is 58.1 Å². The average Bonchev–Trinajstić information content (AvgIpc) is 2.81. The van der Waals surface area contributed by atoms with Crippen molar-refractivity contribution in [3.8, 4) is 0 Å². The van der Waals surface area contributed by atoms with Crippen molar-refractivity contribution in [2.45, 2.75) is 38.6 Å². The van der Waals surface area contributed by atoms with Crippen molar-refractivity contribution < 1.29 is 4.79 Å². The molecular weight excluding hydrogens is 384 g/mol. The predicted molar refractivity (Wildman–Crippen MR) is 123 cm³/mol. The second kappa shape index (κ2) is 10.3. The minimum atomic E-state index is -0.0716. The van der Waals surface area contributed by atoms with Gasteiger partial charge < -0.3 is 5.32 Å². The molecule has 0 spiro atoms. The first-order valence-electron chi connectivity index (χ1n) is 11.1. The number of nitrogens with one attached hydrogen (secondary N) is 1. The zero-order valence-electron chi connectivity index (χ0n) is 18.1. The Morgan fingerprint density at radius 2 is 1.65 bits per heavy atom. The summed E-state index contributed by atoms with van der Waals surface area (Å²) in [6.07, 6.45) is 4.53. The molecule has 0 bridgehead atoms. The Morgan fingerprint density at radius 1 is 1.00 bits per heavy atom. The van der Waals surface area contributed by atoms with Crippen molar-refractivity contribution in [3.05, 3.63) is 95.1 Å². The Labute approximate surface area is 184 Å². The Kier molecular flexibility index (Phi) is 7.05. The third-order valence-corrected chi connectivity index (χ3v) is 5.95. The number of hydrogen-bond donors (Lipinski definition) is 1. The van der Waals surface area contributed by atoms with Crippen LogP contribution in [-0.4, -0.2) is 40.4 Å². The van der Waals surface area contributed by atoms with Gasteiger partial charge >= 0.3 is 0 Å². The number of rotatable bonds is 7. The third kappa shape index (κ3) is 5.76. The lowest BCUT2D eigenvalue weighted by atomic mass is 9.90. The number of piperidine rings is 1. The van der Waals surface area contributed by atoms with E-state index in [0.29, 0.717) is 18.0 Å². The van der Waals surface area contributed by atoms with Crippen LogP contribution in [0.2, 0.25) is 0 Å². The standard InChI is InChI=1S/C26H30N4O/c1-20-28-18-24(26(31)27-15-12-21-8-4-2-5-9-21)25(29-20)23-13-16-30(17-14-23)19-22-10-6-3-7-11-22/h2-11,18,23H,12-17,19H2,1H3,(H,27,31). The van der Waals surface area contributed by atoms with Crippen LogP contribution in [0.4, 0.5) is 0 Å². The quantitative estimate of drug-likeness (QED) is 0.631. The van der Waals surface area contributed by atoms with Gasteiger partial charge in [-0.25, -0.2) is 9.97 Å². The third-order valence-electron chi connectivity index (χ3n) is 5.95. The van der Waals surface area contributed by atoms with Gasteiger partial charge in [0.1, 0.15) is 5.82 Å². The Balaban J connectivity index is 1.37. The molecule has 2 heterocycles. The zero-order valence-corrected chi connectivity index (χ0v) is 18.1. The summed E-state index contributed by atoms with van der Waals surface area (Å²) in [5.41, 5.74) is 4.09. The van der Waals surface area contributed by atoms with Crippen LogP contribution >= 0.6 is 0 Å². The normalized spacial score (nSPS) is 15.0. The van der Waals surface area contributed by atoms with Crippen molar-refractivity contribution in [1.82, 2.24) is 20.2 Å². The Morgan fingerprint density at radius 3 is 2.32 bits per heavy atom. The lowest BCUT2D eigenvalue weighted by Crippen LogP contribution is -2.34. The van der Waals surface area contributed by atoms with Gasteiger partial charge in [0.05, 0.1) is 11.3 Å². The van der Waals surface area contributed by atoms with Gasteiger partial charge in [0, 0.05) is 25.2 Å². The number of amides is 1. The first-order valence-corrected chi connectivity index (χ1v) is 11.1. The molecule has 160 valence electrons. The highest BCUT2D eigenvalue weighted by Crippen LogP contribution is 2.29. The minimum Gasteiger partial charge on any atom is -0.352 e. The van der Waals surface area contributed by atoms with Gasteiger partial charge in [-0.15, -0.1) is 0 Å². The highest BCUT2D eigenvalue weighted by molar-refractivity contribution is 5.95. The number of aromatic nitrogens is 2. The van der Waals surface area contributed by atoms with E-state index >= 15 is 0 Å². The molecule has 0 saturated carbocycles. The molecule has 31 heavy (non-hydrogen) atoms. The largest absolute Gasteiger partial charge is 0.352 e. The molecule has 1 saturated heterocycles. The van der Waals surface area contributed by atoms with Crippen molar-refractivity contribution >= 4 is 5.91 Å². The molecule has 0 aliphatic carbocycles. The van der Waals surface area contributed by atoms with E-state index in [0.717, 1.165) is 50.4 Å². The van der Waals surface area contributed by atoms with Crippen LogP contribution in [0.25, 0.3) is 0 Å². The maximum atomic E-state index is 12.9. The van der Waals surface area contributed by atoms with E-state index in [1.54, 1.807) is 6.20 Å². The van der Waals surface area contributed by atoms with Crippen LogP contribution in [0, 0.1) is 6.92 Å². The summed E-state index contributed by atoms with van der Waals surface area (Å²) in [4.78, 5) is 24.4. The zero-order chi connectivity index (χ0) is 21.5. The summed E-state index contributed by atoms with van der Waals surface area (Å²) < 4.78 is 0. The molecule has 1 aliphatic heterocycles. The monoisotopic (exact) mass is 414 g/mol. The number of aryl methyl sites for hydroxylation is 1. The molecule has 0 atom stereocenters.